The molecule has 1 rings (SSSR count). The summed E-state index contributed by atoms with van der Waals surface area (Å²) in [5.74, 6) is 0.961. The summed E-state index contributed by atoms with van der Waals surface area (Å²) >= 11 is 5.17. The highest BCUT2D eigenvalue weighted by Crippen LogP contribution is 2.22. The van der Waals surface area contributed by atoms with E-state index < -0.39 is 0 Å². The first-order valence-electron chi connectivity index (χ1n) is 5.72. The summed E-state index contributed by atoms with van der Waals surface area (Å²) in [6.07, 6.45) is 4.45. The van der Waals surface area contributed by atoms with E-state index >= 15 is 0 Å². The van der Waals surface area contributed by atoms with Crippen LogP contribution in [0.15, 0.2) is 27.8 Å². The van der Waals surface area contributed by atoms with Crippen LogP contribution < -0.4 is 0 Å². The van der Waals surface area contributed by atoms with Crippen LogP contribution in [0.4, 0.5) is 0 Å². The normalized spacial score (nSPS) is 11.1. The number of nitrogens with zero attached hydrogens (tertiary/aromatic N) is 1. The van der Waals surface area contributed by atoms with Gasteiger partial charge in [0.05, 0.1) is 0 Å². The van der Waals surface area contributed by atoms with Gasteiger partial charge in [-0.1, -0.05) is 0 Å². The minimum absolute atomic E-state index is 0.0855. The molecule has 17 heavy (non-hydrogen) atoms. The Morgan fingerprint density at radius 2 is 2.00 bits per heavy atom. The molecule has 1 heterocycles. The molecule has 1 aromatic heterocycles. The number of thioether (sulfide) groups is 1. The summed E-state index contributed by atoms with van der Waals surface area (Å²) < 4.78 is 12.0. The van der Waals surface area contributed by atoms with E-state index in [2.05, 4.69) is 27.0 Å². The van der Waals surface area contributed by atoms with E-state index in [1.165, 1.54) is 0 Å². The Labute approximate surface area is 115 Å². The third kappa shape index (κ3) is 6.41. The Bertz CT molecular complexity index is 319. The molecule has 3 nitrogen and oxygen atoms in total. The highest BCUT2D eigenvalue weighted by atomic mass is 79.9. The topological polar surface area (TPSA) is 31.4 Å². The number of aromatic nitrogens is 1. The molecule has 96 valence electrons. The van der Waals surface area contributed by atoms with E-state index in [1.54, 1.807) is 18.0 Å². The summed E-state index contributed by atoms with van der Waals surface area (Å²) in [4.78, 5) is 5.28. The predicted octanol–water partition coefficient (Wildman–Crippen LogP) is 3.73. The van der Waals surface area contributed by atoms with Crippen molar-refractivity contribution in [3.63, 3.8) is 0 Å². The van der Waals surface area contributed by atoms with E-state index in [0.717, 1.165) is 21.5 Å². The average Bonchev–Trinajstić information content (AvgIpc) is 2.30. The smallest absolute Gasteiger partial charge is 0.158 e. The second-order valence-electron chi connectivity index (χ2n) is 3.32. The van der Waals surface area contributed by atoms with Crippen LogP contribution in [0.25, 0.3) is 0 Å². The largest absolute Gasteiger partial charge is 0.353 e. The molecule has 0 saturated carbocycles. The zero-order chi connectivity index (χ0) is 12.5. The molecule has 0 radical (unpaired) electrons. The molecular weight excluding hydrogens is 302 g/mol. The third-order valence-electron chi connectivity index (χ3n) is 2.01. The van der Waals surface area contributed by atoms with Crippen LogP contribution in [0, 0.1) is 0 Å². The van der Waals surface area contributed by atoms with Gasteiger partial charge in [-0.3, -0.25) is 4.98 Å². The highest BCUT2D eigenvalue weighted by Gasteiger charge is 2.07. The van der Waals surface area contributed by atoms with Gasteiger partial charge in [0.1, 0.15) is 0 Å². The second-order valence-corrected chi connectivity index (χ2v) is 5.40. The molecular formula is C12H18BrNO2S. The maximum absolute atomic E-state index is 5.48. The van der Waals surface area contributed by atoms with Crippen molar-refractivity contribution in [2.45, 2.75) is 31.5 Å². The molecule has 0 aliphatic heterocycles. The van der Waals surface area contributed by atoms with Crippen LogP contribution >= 0.6 is 27.7 Å². The van der Waals surface area contributed by atoms with Gasteiger partial charge in [-0.05, 0) is 35.8 Å². The van der Waals surface area contributed by atoms with Crippen LogP contribution in [0.3, 0.4) is 0 Å². The summed E-state index contributed by atoms with van der Waals surface area (Å²) in [6.45, 7) is 5.34. The van der Waals surface area contributed by atoms with Gasteiger partial charge in [-0.2, -0.15) is 0 Å². The van der Waals surface area contributed by atoms with Gasteiger partial charge >= 0.3 is 0 Å². The monoisotopic (exact) mass is 319 g/mol. The fourth-order valence-corrected chi connectivity index (χ4v) is 2.74. The van der Waals surface area contributed by atoms with Crippen molar-refractivity contribution in [3.05, 3.63) is 22.9 Å². The maximum Gasteiger partial charge on any atom is 0.158 e. The standard InChI is InChI=1S/C12H18BrNO2S/c1-3-15-12(16-4-2)5-6-17-11-7-10(13)8-14-9-11/h7-9,12H,3-6H2,1-2H3. The minimum Gasteiger partial charge on any atom is -0.353 e. The molecule has 0 aliphatic rings. The molecule has 0 saturated heterocycles. The summed E-state index contributed by atoms with van der Waals surface area (Å²) in [5, 5.41) is 0. The van der Waals surface area contributed by atoms with Crippen molar-refractivity contribution < 1.29 is 9.47 Å². The van der Waals surface area contributed by atoms with Gasteiger partial charge in [0.2, 0.25) is 0 Å². The molecule has 0 spiro atoms. The van der Waals surface area contributed by atoms with Crippen molar-refractivity contribution in [2.24, 2.45) is 0 Å². The summed E-state index contributed by atoms with van der Waals surface area (Å²) in [7, 11) is 0. The number of pyridine rings is 1. The molecule has 0 aliphatic carbocycles. The fourth-order valence-electron chi connectivity index (χ4n) is 1.33. The Balaban J connectivity index is 2.30. The molecule has 0 amide bonds. The van der Waals surface area contributed by atoms with Crippen LogP contribution in [0.5, 0.6) is 0 Å². The lowest BCUT2D eigenvalue weighted by molar-refractivity contribution is -0.136. The summed E-state index contributed by atoms with van der Waals surface area (Å²) in [6, 6.07) is 2.06. The molecule has 1 aromatic rings. The van der Waals surface area contributed by atoms with Crippen molar-refractivity contribution >= 4 is 27.7 Å². The number of hydrogen-bond donors (Lipinski definition) is 0. The van der Waals surface area contributed by atoms with Crippen molar-refractivity contribution in [1.29, 1.82) is 0 Å². The molecule has 0 unspecified atom stereocenters. The number of ether oxygens (including phenoxy) is 2. The molecule has 0 N–H and O–H groups in total. The number of rotatable bonds is 8. The molecule has 0 bridgehead atoms. The SMILES string of the molecule is CCOC(CCSc1cncc(Br)c1)OCC. The second kappa shape index (κ2) is 8.91. The van der Waals surface area contributed by atoms with Crippen LogP contribution in [0.1, 0.15) is 20.3 Å². The maximum atomic E-state index is 5.48. The first kappa shape index (κ1) is 15.0. The first-order chi connectivity index (χ1) is 8.26. The average molecular weight is 320 g/mol. The van der Waals surface area contributed by atoms with Gasteiger partial charge in [-0.15, -0.1) is 11.8 Å². The number of halogens is 1. The quantitative estimate of drug-likeness (QED) is 0.539. The van der Waals surface area contributed by atoms with Crippen molar-refractivity contribution in [2.75, 3.05) is 19.0 Å². The first-order valence-corrected chi connectivity index (χ1v) is 7.50. The van der Waals surface area contributed by atoms with E-state index in [0.29, 0.717) is 13.2 Å². The van der Waals surface area contributed by atoms with E-state index in [-0.39, 0.29) is 6.29 Å². The predicted molar refractivity (Wildman–Crippen MR) is 74.3 cm³/mol. The number of hydrogen-bond acceptors (Lipinski definition) is 4. The third-order valence-corrected chi connectivity index (χ3v) is 3.44. The zero-order valence-electron chi connectivity index (χ0n) is 10.2. The Kier molecular flexibility index (Phi) is 7.84. The lowest BCUT2D eigenvalue weighted by atomic mass is 10.4. The van der Waals surface area contributed by atoms with Crippen LogP contribution in [-0.4, -0.2) is 30.2 Å². The Hall–Kier alpha value is -0.100. The fraction of sp³-hybridized carbons (Fsp3) is 0.583. The van der Waals surface area contributed by atoms with Crippen LogP contribution in [-0.2, 0) is 9.47 Å². The lowest BCUT2D eigenvalue weighted by Gasteiger charge is -2.16. The molecule has 5 heteroatoms. The molecule has 0 atom stereocenters. The minimum atomic E-state index is -0.0855. The Morgan fingerprint density at radius 3 is 2.59 bits per heavy atom. The van der Waals surface area contributed by atoms with Gasteiger partial charge in [-0.25, -0.2) is 0 Å². The lowest BCUT2D eigenvalue weighted by Crippen LogP contribution is -2.18. The molecule has 0 aromatic carbocycles. The van der Waals surface area contributed by atoms with Gasteiger partial charge in [0.15, 0.2) is 6.29 Å². The summed E-state index contributed by atoms with van der Waals surface area (Å²) in [5.41, 5.74) is 0. The van der Waals surface area contributed by atoms with Crippen molar-refractivity contribution in [1.82, 2.24) is 4.98 Å². The Morgan fingerprint density at radius 1 is 1.29 bits per heavy atom. The van der Waals surface area contributed by atoms with E-state index in [4.69, 9.17) is 9.47 Å². The van der Waals surface area contributed by atoms with E-state index in [1.807, 2.05) is 20.0 Å². The zero-order valence-corrected chi connectivity index (χ0v) is 12.6. The van der Waals surface area contributed by atoms with Gasteiger partial charge in [0, 0.05) is 47.1 Å². The van der Waals surface area contributed by atoms with Gasteiger partial charge < -0.3 is 9.47 Å². The highest BCUT2D eigenvalue weighted by molar-refractivity contribution is 9.10. The van der Waals surface area contributed by atoms with Crippen LogP contribution in [0.2, 0.25) is 0 Å². The van der Waals surface area contributed by atoms with E-state index in [9.17, 15) is 0 Å². The van der Waals surface area contributed by atoms with Crippen molar-refractivity contribution in [3.8, 4) is 0 Å². The molecule has 0 fully saturated rings. The van der Waals surface area contributed by atoms with Gasteiger partial charge in [0.25, 0.3) is 0 Å².